The van der Waals surface area contributed by atoms with Gasteiger partial charge in [0.2, 0.25) is 0 Å². The van der Waals surface area contributed by atoms with E-state index in [0.717, 1.165) is 36.9 Å². The van der Waals surface area contributed by atoms with Crippen LogP contribution in [0.25, 0.3) is 0 Å². The lowest BCUT2D eigenvalue weighted by atomic mass is 10.1. The molecule has 0 unspecified atom stereocenters. The van der Waals surface area contributed by atoms with Crippen LogP contribution in [0.3, 0.4) is 0 Å². The summed E-state index contributed by atoms with van der Waals surface area (Å²) in [6, 6.07) is 7.92. The molecule has 2 N–H and O–H groups in total. The Morgan fingerprint density at radius 1 is 1.22 bits per heavy atom. The van der Waals surface area contributed by atoms with Crippen LogP contribution >= 0.6 is 35.6 Å². The number of halogens is 2. The van der Waals surface area contributed by atoms with Gasteiger partial charge in [0, 0.05) is 38.4 Å². The first-order chi connectivity index (χ1) is 10.7. The van der Waals surface area contributed by atoms with Gasteiger partial charge < -0.3 is 10.6 Å². The summed E-state index contributed by atoms with van der Waals surface area (Å²) in [6.45, 7) is 1.63. The van der Waals surface area contributed by atoms with E-state index in [1.54, 1.807) is 7.05 Å². The van der Waals surface area contributed by atoms with E-state index in [1.165, 1.54) is 11.1 Å². The first-order valence-electron chi connectivity index (χ1n) is 7.34. The van der Waals surface area contributed by atoms with Crippen molar-refractivity contribution < 1.29 is 0 Å². The zero-order chi connectivity index (χ0) is 15.8. The molecule has 1 aromatic heterocycles. The Hall–Kier alpha value is -1.28. The molecule has 0 saturated carbocycles. The molecule has 0 amide bonds. The van der Waals surface area contributed by atoms with Crippen LogP contribution in [0.2, 0.25) is 5.02 Å². The number of aromatic nitrogens is 2. The first-order valence-corrected chi connectivity index (χ1v) is 7.71. The van der Waals surface area contributed by atoms with Crippen molar-refractivity contribution in [2.24, 2.45) is 12.0 Å². The summed E-state index contributed by atoms with van der Waals surface area (Å²) < 4.78 is 1.81. The van der Waals surface area contributed by atoms with E-state index >= 15 is 0 Å². The predicted octanol–water partition coefficient (Wildman–Crippen LogP) is 2.64. The molecule has 2 rings (SSSR count). The minimum atomic E-state index is 0. The normalized spacial score (nSPS) is 11.0. The fourth-order valence-electron chi connectivity index (χ4n) is 2.16. The third-order valence-corrected chi connectivity index (χ3v) is 3.52. The minimum Gasteiger partial charge on any atom is -0.356 e. The van der Waals surface area contributed by atoms with Gasteiger partial charge in [-0.05, 0) is 36.1 Å². The molecule has 0 aliphatic rings. The van der Waals surface area contributed by atoms with Gasteiger partial charge in [0.25, 0.3) is 0 Å². The van der Waals surface area contributed by atoms with Crippen LogP contribution in [-0.2, 0) is 19.9 Å². The number of rotatable bonds is 6. The van der Waals surface area contributed by atoms with Gasteiger partial charge in [0.1, 0.15) is 0 Å². The maximum absolute atomic E-state index is 5.98. The molecule has 0 spiro atoms. The largest absolute Gasteiger partial charge is 0.356 e. The fourth-order valence-corrected chi connectivity index (χ4v) is 2.38. The highest BCUT2D eigenvalue weighted by atomic mass is 127. The van der Waals surface area contributed by atoms with Gasteiger partial charge in [-0.25, -0.2) is 0 Å². The van der Waals surface area contributed by atoms with Gasteiger partial charge in [0.15, 0.2) is 5.96 Å². The van der Waals surface area contributed by atoms with Crippen molar-refractivity contribution in [1.29, 1.82) is 0 Å². The molecule has 0 radical (unpaired) electrons. The lowest BCUT2D eigenvalue weighted by Gasteiger charge is -2.11. The highest BCUT2D eigenvalue weighted by Gasteiger charge is 2.00. The van der Waals surface area contributed by atoms with Crippen molar-refractivity contribution in [3.8, 4) is 0 Å². The van der Waals surface area contributed by atoms with Crippen LogP contribution in [0.15, 0.2) is 41.7 Å². The molecule has 2 aromatic rings. The van der Waals surface area contributed by atoms with Crippen LogP contribution in [0.5, 0.6) is 0 Å². The highest BCUT2D eigenvalue weighted by molar-refractivity contribution is 14.0. The quantitative estimate of drug-likeness (QED) is 0.407. The van der Waals surface area contributed by atoms with Gasteiger partial charge in [-0.15, -0.1) is 24.0 Å². The zero-order valence-corrected chi connectivity index (χ0v) is 16.5. The lowest BCUT2D eigenvalue weighted by molar-refractivity contribution is 0.764. The lowest BCUT2D eigenvalue weighted by Crippen LogP contribution is -2.39. The third kappa shape index (κ3) is 7.22. The molecular weight excluding hydrogens is 425 g/mol. The third-order valence-electron chi connectivity index (χ3n) is 3.28. The van der Waals surface area contributed by atoms with E-state index in [2.05, 4.69) is 26.8 Å². The second-order valence-electron chi connectivity index (χ2n) is 5.08. The summed E-state index contributed by atoms with van der Waals surface area (Å²) in [7, 11) is 3.70. The van der Waals surface area contributed by atoms with Gasteiger partial charge >= 0.3 is 0 Å². The Morgan fingerprint density at radius 3 is 2.48 bits per heavy atom. The van der Waals surface area contributed by atoms with Gasteiger partial charge in [-0.3, -0.25) is 9.67 Å². The summed E-state index contributed by atoms with van der Waals surface area (Å²) in [5.41, 5.74) is 2.43. The standard InChI is InChI=1S/C16H22ClN5.HI/c1-18-16(20-9-7-14-11-21-22(2)12-14)19-8-6-13-4-3-5-15(17)10-13;/h3-5,10-12H,6-9H2,1-2H3,(H2,18,19,20);1H. The highest BCUT2D eigenvalue weighted by Crippen LogP contribution is 2.10. The molecule has 0 bridgehead atoms. The molecule has 23 heavy (non-hydrogen) atoms. The Kier molecular flexibility index (Phi) is 9.01. The number of nitrogens with one attached hydrogen (secondary N) is 2. The van der Waals surface area contributed by atoms with Gasteiger partial charge in [0.05, 0.1) is 6.20 Å². The topological polar surface area (TPSA) is 54.2 Å². The van der Waals surface area contributed by atoms with Crippen molar-refractivity contribution in [2.45, 2.75) is 12.8 Å². The van der Waals surface area contributed by atoms with Crippen molar-refractivity contribution in [3.05, 3.63) is 52.8 Å². The maximum atomic E-state index is 5.98. The average Bonchev–Trinajstić information content (AvgIpc) is 2.91. The number of hydrogen-bond acceptors (Lipinski definition) is 2. The summed E-state index contributed by atoms with van der Waals surface area (Å²) >= 11 is 5.98. The number of nitrogens with zero attached hydrogens (tertiary/aromatic N) is 3. The van der Waals surface area contributed by atoms with Crippen LogP contribution < -0.4 is 10.6 Å². The minimum absolute atomic E-state index is 0. The van der Waals surface area contributed by atoms with Crippen molar-refractivity contribution in [1.82, 2.24) is 20.4 Å². The molecule has 0 saturated heterocycles. The average molecular weight is 448 g/mol. The summed E-state index contributed by atoms with van der Waals surface area (Å²) in [6.07, 6.45) is 5.74. The molecule has 0 aliphatic heterocycles. The second-order valence-corrected chi connectivity index (χ2v) is 5.51. The van der Waals surface area contributed by atoms with E-state index in [1.807, 2.05) is 42.3 Å². The number of benzene rings is 1. The Bertz CT molecular complexity index is 626. The zero-order valence-electron chi connectivity index (χ0n) is 13.4. The van der Waals surface area contributed by atoms with Gasteiger partial charge in [-0.2, -0.15) is 5.10 Å². The predicted molar refractivity (Wildman–Crippen MR) is 107 cm³/mol. The summed E-state index contributed by atoms with van der Waals surface area (Å²) in [4.78, 5) is 4.22. The second kappa shape index (κ2) is 10.5. The summed E-state index contributed by atoms with van der Waals surface area (Å²) in [5, 5.41) is 11.5. The molecule has 0 fully saturated rings. The smallest absolute Gasteiger partial charge is 0.190 e. The Labute approximate surface area is 159 Å². The van der Waals surface area contributed by atoms with Crippen LogP contribution in [-0.4, -0.2) is 35.9 Å². The van der Waals surface area contributed by atoms with E-state index in [9.17, 15) is 0 Å². The van der Waals surface area contributed by atoms with E-state index in [0.29, 0.717) is 0 Å². The van der Waals surface area contributed by atoms with Crippen molar-refractivity contribution >= 4 is 41.5 Å². The molecule has 1 aromatic carbocycles. The molecule has 0 atom stereocenters. The molecular formula is C16H23ClIN5. The molecule has 0 aliphatic carbocycles. The fraction of sp³-hybridized carbons (Fsp3) is 0.375. The van der Waals surface area contributed by atoms with Crippen LogP contribution in [0, 0.1) is 0 Å². The number of aliphatic imine (C=N–C) groups is 1. The molecule has 7 heteroatoms. The molecule has 5 nitrogen and oxygen atoms in total. The molecule has 1 heterocycles. The van der Waals surface area contributed by atoms with Crippen molar-refractivity contribution in [3.63, 3.8) is 0 Å². The number of hydrogen-bond donors (Lipinski definition) is 2. The van der Waals surface area contributed by atoms with Crippen molar-refractivity contribution in [2.75, 3.05) is 20.1 Å². The molecule has 126 valence electrons. The monoisotopic (exact) mass is 447 g/mol. The first kappa shape index (κ1) is 19.8. The Morgan fingerprint density at radius 2 is 1.91 bits per heavy atom. The van der Waals surface area contributed by atoms with Crippen LogP contribution in [0.1, 0.15) is 11.1 Å². The number of aryl methyl sites for hydroxylation is 1. The maximum Gasteiger partial charge on any atom is 0.190 e. The van der Waals surface area contributed by atoms with E-state index < -0.39 is 0 Å². The Balaban J connectivity index is 0.00000264. The van der Waals surface area contributed by atoms with E-state index in [4.69, 9.17) is 11.6 Å². The van der Waals surface area contributed by atoms with Crippen LogP contribution in [0.4, 0.5) is 0 Å². The number of guanidine groups is 1. The van der Waals surface area contributed by atoms with E-state index in [-0.39, 0.29) is 24.0 Å². The summed E-state index contributed by atoms with van der Waals surface area (Å²) in [5.74, 6) is 0.811. The van der Waals surface area contributed by atoms with Gasteiger partial charge in [-0.1, -0.05) is 23.7 Å². The SMILES string of the molecule is CN=C(NCCc1cccc(Cl)c1)NCCc1cnn(C)c1.I.